The Kier molecular flexibility index (Phi) is 6.79. The van der Waals surface area contributed by atoms with Crippen LogP contribution in [0.1, 0.15) is 0 Å². The van der Waals surface area contributed by atoms with Crippen LogP contribution in [0.2, 0.25) is 0 Å². The number of hydrogen-bond acceptors (Lipinski definition) is 4. The van der Waals surface area contributed by atoms with E-state index in [0.717, 1.165) is 66.5 Å². The molecule has 54 heavy (non-hydrogen) atoms. The third-order valence-corrected chi connectivity index (χ3v) is 10.4. The van der Waals surface area contributed by atoms with E-state index in [-0.39, 0.29) is 0 Å². The molecule has 3 heterocycles. The molecule has 0 saturated carbocycles. The van der Waals surface area contributed by atoms with Crippen molar-refractivity contribution in [3.05, 3.63) is 182 Å². The zero-order valence-electron chi connectivity index (χ0n) is 29.0. The van der Waals surface area contributed by atoms with Gasteiger partial charge in [-0.15, -0.1) is 0 Å². The van der Waals surface area contributed by atoms with Gasteiger partial charge in [0, 0.05) is 43.9 Å². The molecule has 5 nitrogen and oxygen atoms in total. The van der Waals surface area contributed by atoms with Gasteiger partial charge in [-0.05, 0) is 64.4 Å². The third-order valence-electron chi connectivity index (χ3n) is 10.4. The van der Waals surface area contributed by atoms with Gasteiger partial charge < -0.3 is 8.98 Å². The molecule has 11 aromatic rings. The first kappa shape index (κ1) is 30.3. The van der Waals surface area contributed by atoms with Crippen molar-refractivity contribution in [2.45, 2.75) is 0 Å². The van der Waals surface area contributed by atoms with Crippen LogP contribution in [0.3, 0.4) is 0 Å². The van der Waals surface area contributed by atoms with E-state index < -0.39 is 0 Å². The monoisotopic (exact) mass is 690 g/mol. The highest BCUT2D eigenvalue weighted by atomic mass is 16.3. The molecule has 0 atom stereocenters. The SMILES string of the molecule is c1ccc(-c2ccc(-c3nc(-c4ccccc4)nc(-c4cccc5oc6ccc(-n7c8ccccc8c8cc9ccccc9cc87)cc6c45)n3)cc2)cc1. The van der Waals surface area contributed by atoms with Crippen molar-refractivity contribution < 1.29 is 4.42 Å². The first-order chi connectivity index (χ1) is 26.7. The number of fused-ring (bicyclic) bond motifs is 7. The second-order valence-corrected chi connectivity index (χ2v) is 13.6. The predicted molar refractivity (Wildman–Crippen MR) is 221 cm³/mol. The molecule has 0 fully saturated rings. The standard InChI is InChI=1S/C49H30N4O/c1-3-12-31(13-4-1)32-22-24-34(25-23-32)48-50-47(33-14-5-2-6-15-33)51-49(52-48)39-19-11-21-45-46(39)41-30-37(26-27-44(41)54-45)53-42-20-10-9-18-38(42)40-28-35-16-7-8-17-36(35)29-43(40)53/h1-30H. The molecule has 252 valence electrons. The van der Waals surface area contributed by atoms with Crippen molar-refractivity contribution in [1.82, 2.24) is 19.5 Å². The van der Waals surface area contributed by atoms with Crippen molar-refractivity contribution in [3.63, 3.8) is 0 Å². The summed E-state index contributed by atoms with van der Waals surface area (Å²) in [5, 5.41) is 6.86. The first-order valence-corrected chi connectivity index (χ1v) is 18.1. The summed E-state index contributed by atoms with van der Waals surface area (Å²) >= 11 is 0. The lowest BCUT2D eigenvalue weighted by Crippen LogP contribution is -2.00. The largest absolute Gasteiger partial charge is 0.456 e. The molecule has 0 aliphatic heterocycles. The van der Waals surface area contributed by atoms with Crippen LogP contribution >= 0.6 is 0 Å². The molecule has 0 aliphatic rings. The quantitative estimate of drug-likeness (QED) is 0.180. The molecule has 0 radical (unpaired) electrons. The second-order valence-electron chi connectivity index (χ2n) is 13.6. The molecular weight excluding hydrogens is 661 g/mol. The van der Waals surface area contributed by atoms with Crippen molar-refractivity contribution in [1.29, 1.82) is 0 Å². The van der Waals surface area contributed by atoms with Crippen LogP contribution in [0.5, 0.6) is 0 Å². The van der Waals surface area contributed by atoms with Gasteiger partial charge in [-0.1, -0.05) is 140 Å². The maximum Gasteiger partial charge on any atom is 0.164 e. The van der Waals surface area contributed by atoms with Crippen molar-refractivity contribution >= 4 is 54.5 Å². The van der Waals surface area contributed by atoms with E-state index in [1.807, 2.05) is 48.5 Å². The fourth-order valence-corrected chi connectivity index (χ4v) is 7.86. The molecule has 0 amide bonds. The Morgan fingerprint density at radius 3 is 1.76 bits per heavy atom. The van der Waals surface area contributed by atoms with Gasteiger partial charge >= 0.3 is 0 Å². The van der Waals surface area contributed by atoms with Crippen molar-refractivity contribution in [2.24, 2.45) is 0 Å². The van der Waals surface area contributed by atoms with Crippen LogP contribution in [0.15, 0.2) is 186 Å². The zero-order chi connectivity index (χ0) is 35.6. The number of benzene rings is 8. The van der Waals surface area contributed by atoms with Gasteiger partial charge in [-0.2, -0.15) is 0 Å². The summed E-state index contributed by atoms with van der Waals surface area (Å²) < 4.78 is 8.89. The number of rotatable bonds is 5. The minimum atomic E-state index is 0.591. The summed E-state index contributed by atoms with van der Waals surface area (Å²) in [4.78, 5) is 15.3. The second kappa shape index (κ2) is 12.1. The molecule has 0 N–H and O–H groups in total. The smallest absolute Gasteiger partial charge is 0.164 e. The Morgan fingerprint density at radius 1 is 0.370 bits per heavy atom. The lowest BCUT2D eigenvalue weighted by atomic mass is 10.0. The number of nitrogens with zero attached hydrogens (tertiary/aromatic N) is 4. The third kappa shape index (κ3) is 4.90. The lowest BCUT2D eigenvalue weighted by molar-refractivity contribution is 0.669. The average Bonchev–Trinajstić information content (AvgIpc) is 3.78. The molecule has 8 aromatic carbocycles. The van der Waals surface area contributed by atoms with Gasteiger partial charge in [0.15, 0.2) is 17.5 Å². The van der Waals surface area contributed by atoms with E-state index in [2.05, 4.69) is 138 Å². The van der Waals surface area contributed by atoms with Crippen LogP contribution < -0.4 is 0 Å². The van der Waals surface area contributed by atoms with Gasteiger partial charge in [0.25, 0.3) is 0 Å². The zero-order valence-corrected chi connectivity index (χ0v) is 29.0. The highest BCUT2D eigenvalue weighted by molar-refractivity contribution is 6.15. The number of furan rings is 1. The summed E-state index contributed by atoms with van der Waals surface area (Å²) in [7, 11) is 0. The highest BCUT2D eigenvalue weighted by Crippen LogP contribution is 2.40. The maximum absolute atomic E-state index is 6.52. The average molecular weight is 691 g/mol. The Morgan fingerprint density at radius 2 is 0.981 bits per heavy atom. The van der Waals surface area contributed by atoms with E-state index in [1.165, 1.54) is 21.5 Å². The first-order valence-electron chi connectivity index (χ1n) is 18.1. The van der Waals surface area contributed by atoms with E-state index in [1.54, 1.807) is 0 Å². The van der Waals surface area contributed by atoms with Crippen LogP contribution in [0.4, 0.5) is 0 Å². The number of para-hydroxylation sites is 1. The molecule has 0 spiro atoms. The van der Waals surface area contributed by atoms with Crippen LogP contribution in [-0.2, 0) is 0 Å². The molecule has 0 saturated heterocycles. The Labute approximate surface area is 310 Å². The summed E-state index contributed by atoms with van der Waals surface area (Å²) in [5.41, 5.74) is 9.99. The van der Waals surface area contributed by atoms with Gasteiger partial charge in [0.05, 0.1) is 11.0 Å². The molecular formula is C49H30N4O. The topological polar surface area (TPSA) is 56.7 Å². The Hall–Kier alpha value is -7.37. The number of hydrogen-bond donors (Lipinski definition) is 0. The molecule has 11 rings (SSSR count). The number of aromatic nitrogens is 4. The van der Waals surface area contributed by atoms with Crippen LogP contribution in [0, 0.1) is 0 Å². The molecule has 0 aliphatic carbocycles. The minimum Gasteiger partial charge on any atom is -0.456 e. The fourth-order valence-electron chi connectivity index (χ4n) is 7.86. The van der Waals surface area contributed by atoms with Gasteiger partial charge in [0.2, 0.25) is 0 Å². The van der Waals surface area contributed by atoms with E-state index in [4.69, 9.17) is 19.4 Å². The van der Waals surface area contributed by atoms with Gasteiger partial charge in [-0.3, -0.25) is 0 Å². The normalized spacial score (nSPS) is 11.7. The van der Waals surface area contributed by atoms with Crippen molar-refractivity contribution in [3.8, 4) is 51.0 Å². The van der Waals surface area contributed by atoms with Crippen LogP contribution in [-0.4, -0.2) is 19.5 Å². The molecule has 0 bridgehead atoms. The predicted octanol–water partition coefficient (Wildman–Crippen LogP) is 12.7. The Balaban J connectivity index is 1.12. The maximum atomic E-state index is 6.52. The van der Waals surface area contributed by atoms with E-state index in [0.29, 0.717) is 17.5 Å². The summed E-state index contributed by atoms with van der Waals surface area (Å²) in [6.45, 7) is 0. The molecule has 5 heteroatoms. The Bertz CT molecular complexity index is 3200. The summed E-state index contributed by atoms with van der Waals surface area (Å²) in [6, 6.07) is 63.3. The summed E-state index contributed by atoms with van der Waals surface area (Å²) in [5.74, 6) is 1.82. The summed E-state index contributed by atoms with van der Waals surface area (Å²) in [6.07, 6.45) is 0. The molecule has 0 unspecified atom stereocenters. The van der Waals surface area contributed by atoms with Crippen molar-refractivity contribution in [2.75, 3.05) is 0 Å². The van der Waals surface area contributed by atoms with Gasteiger partial charge in [-0.25, -0.2) is 15.0 Å². The van der Waals surface area contributed by atoms with E-state index >= 15 is 0 Å². The van der Waals surface area contributed by atoms with Gasteiger partial charge in [0.1, 0.15) is 11.2 Å². The molecule has 3 aromatic heterocycles. The highest BCUT2D eigenvalue weighted by Gasteiger charge is 2.20. The fraction of sp³-hybridized carbons (Fsp3) is 0. The minimum absolute atomic E-state index is 0.591. The van der Waals surface area contributed by atoms with Crippen LogP contribution in [0.25, 0.3) is 105 Å². The van der Waals surface area contributed by atoms with E-state index in [9.17, 15) is 0 Å². The lowest BCUT2D eigenvalue weighted by Gasteiger charge is -2.10.